The molecule has 0 spiro atoms. The first kappa shape index (κ1) is 20.7. The van der Waals surface area contributed by atoms with Crippen molar-refractivity contribution in [2.75, 3.05) is 19.7 Å². The number of rotatable bonds is 7. The summed E-state index contributed by atoms with van der Waals surface area (Å²) >= 11 is 0. The summed E-state index contributed by atoms with van der Waals surface area (Å²) in [6, 6.07) is 1.50. The van der Waals surface area contributed by atoms with E-state index in [-0.39, 0.29) is 6.07 Å². The van der Waals surface area contributed by atoms with Crippen LogP contribution in [-0.4, -0.2) is 49.4 Å². The number of nitro groups is 1. The van der Waals surface area contributed by atoms with Crippen molar-refractivity contribution in [2.45, 2.75) is 24.3 Å². The molecule has 0 fully saturated rings. The van der Waals surface area contributed by atoms with Crippen molar-refractivity contribution in [1.82, 2.24) is 4.90 Å². The fourth-order valence-corrected chi connectivity index (χ4v) is 2.65. The lowest BCUT2D eigenvalue weighted by molar-refractivity contribution is -0.386. The molecule has 140 valence electrons. The maximum Gasteiger partial charge on any atom is 0.501 e. The summed E-state index contributed by atoms with van der Waals surface area (Å²) in [6.07, 6.45) is 0. The highest BCUT2D eigenvalue weighted by Gasteiger charge is 2.47. The minimum Gasteiger partial charge on any atom is -0.477 e. The van der Waals surface area contributed by atoms with Crippen molar-refractivity contribution >= 4 is 21.4 Å². The Labute approximate surface area is 141 Å². The highest BCUT2D eigenvalue weighted by atomic mass is 32.2. The van der Waals surface area contributed by atoms with Gasteiger partial charge in [0.1, 0.15) is 0 Å². The molecule has 8 nitrogen and oxygen atoms in total. The number of nitrogens with zero attached hydrogens (tertiary/aromatic N) is 2. The van der Waals surface area contributed by atoms with Crippen LogP contribution < -0.4 is 4.74 Å². The highest BCUT2D eigenvalue weighted by molar-refractivity contribution is 7.92. The second-order valence-corrected chi connectivity index (χ2v) is 6.63. The summed E-state index contributed by atoms with van der Waals surface area (Å²) < 4.78 is 65.2. The SMILES string of the molecule is CCN(CC)C(=O)COc1ccc(S(=O)(=O)C(F)(F)F)cc1[N+](=O)[O-]. The summed E-state index contributed by atoms with van der Waals surface area (Å²) in [4.78, 5) is 21.8. The van der Waals surface area contributed by atoms with E-state index in [9.17, 15) is 36.5 Å². The number of nitro benzene ring substituents is 1. The number of carbonyl (C=O) groups excluding carboxylic acids is 1. The predicted molar refractivity (Wildman–Crippen MR) is 79.8 cm³/mol. The first-order valence-electron chi connectivity index (χ1n) is 6.96. The first-order valence-corrected chi connectivity index (χ1v) is 8.44. The molecule has 0 radical (unpaired) electrons. The lowest BCUT2D eigenvalue weighted by Crippen LogP contribution is -2.34. The van der Waals surface area contributed by atoms with Crippen LogP contribution in [0.1, 0.15) is 13.8 Å². The van der Waals surface area contributed by atoms with E-state index in [2.05, 4.69) is 0 Å². The van der Waals surface area contributed by atoms with Gasteiger partial charge in [0.15, 0.2) is 12.4 Å². The van der Waals surface area contributed by atoms with Gasteiger partial charge in [-0.15, -0.1) is 0 Å². The molecule has 0 atom stereocenters. The van der Waals surface area contributed by atoms with Crippen LogP contribution in [0.15, 0.2) is 23.1 Å². The Kier molecular flexibility index (Phi) is 6.35. The van der Waals surface area contributed by atoms with Gasteiger partial charge in [0.25, 0.3) is 15.7 Å². The zero-order valence-corrected chi connectivity index (χ0v) is 14.1. The summed E-state index contributed by atoms with van der Waals surface area (Å²) in [5.41, 5.74) is -6.58. The number of likely N-dealkylation sites (N-methyl/N-ethyl adjacent to an activating group) is 1. The molecule has 1 aromatic carbocycles. The van der Waals surface area contributed by atoms with Crippen LogP contribution in [0.4, 0.5) is 18.9 Å². The quantitative estimate of drug-likeness (QED) is 0.527. The largest absolute Gasteiger partial charge is 0.501 e. The first-order chi connectivity index (χ1) is 11.5. The summed E-state index contributed by atoms with van der Waals surface area (Å²) in [7, 11) is -5.74. The Morgan fingerprint density at radius 3 is 2.28 bits per heavy atom. The van der Waals surface area contributed by atoms with Crippen LogP contribution in [0.5, 0.6) is 5.75 Å². The number of hydrogen-bond donors (Lipinski definition) is 0. The Hall–Kier alpha value is -2.37. The molecule has 1 amide bonds. The van der Waals surface area contributed by atoms with E-state index in [1.54, 1.807) is 13.8 Å². The van der Waals surface area contributed by atoms with Crippen LogP contribution in [0.3, 0.4) is 0 Å². The molecule has 0 aliphatic rings. The number of amides is 1. The third-order valence-electron chi connectivity index (χ3n) is 3.21. The van der Waals surface area contributed by atoms with Crippen molar-refractivity contribution in [2.24, 2.45) is 0 Å². The predicted octanol–water partition coefficient (Wildman–Crippen LogP) is 2.14. The molecule has 0 saturated carbocycles. The standard InChI is InChI=1S/C13H15F3N2O6S/c1-3-17(4-2)12(19)8-24-11-6-5-9(7-10(11)18(20)21)25(22,23)13(14,15)16/h5-7H,3-4,8H2,1-2H3. The van der Waals surface area contributed by atoms with Gasteiger partial charge in [-0.3, -0.25) is 14.9 Å². The molecule has 0 N–H and O–H groups in total. The van der Waals surface area contributed by atoms with E-state index < -0.39 is 49.1 Å². The van der Waals surface area contributed by atoms with E-state index in [1.165, 1.54) is 4.90 Å². The molecule has 0 heterocycles. The number of alkyl halides is 3. The third kappa shape index (κ3) is 4.59. The monoisotopic (exact) mass is 384 g/mol. The van der Waals surface area contributed by atoms with E-state index in [0.29, 0.717) is 25.2 Å². The topological polar surface area (TPSA) is 107 Å². The lowest BCUT2D eigenvalue weighted by atomic mass is 10.3. The van der Waals surface area contributed by atoms with Crippen LogP contribution in [-0.2, 0) is 14.6 Å². The second kappa shape index (κ2) is 7.68. The van der Waals surface area contributed by atoms with Gasteiger partial charge in [-0.05, 0) is 26.0 Å². The molecular weight excluding hydrogens is 369 g/mol. The van der Waals surface area contributed by atoms with Gasteiger partial charge in [-0.25, -0.2) is 8.42 Å². The van der Waals surface area contributed by atoms with Crippen molar-refractivity contribution in [1.29, 1.82) is 0 Å². The van der Waals surface area contributed by atoms with Crippen molar-refractivity contribution < 1.29 is 36.0 Å². The number of benzene rings is 1. The molecule has 25 heavy (non-hydrogen) atoms. The summed E-state index contributed by atoms with van der Waals surface area (Å²) in [6.45, 7) is 3.60. The Balaban J connectivity index is 3.16. The molecule has 0 saturated heterocycles. The fraction of sp³-hybridized carbons (Fsp3) is 0.462. The van der Waals surface area contributed by atoms with Crippen LogP contribution in [0, 0.1) is 10.1 Å². The molecule has 12 heteroatoms. The smallest absolute Gasteiger partial charge is 0.477 e. The van der Waals surface area contributed by atoms with Gasteiger partial charge in [0.05, 0.1) is 9.82 Å². The van der Waals surface area contributed by atoms with Crippen molar-refractivity contribution in [3.63, 3.8) is 0 Å². The Bertz CT molecular complexity index is 760. The van der Waals surface area contributed by atoms with Gasteiger partial charge >= 0.3 is 11.2 Å². The average molecular weight is 384 g/mol. The fourth-order valence-electron chi connectivity index (χ4n) is 1.87. The Morgan fingerprint density at radius 2 is 1.84 bits per heavy atom. The zero-order valence-electron chi connectivity index (χ0n) is 13.2. The minimum absolute atomic E-state index is 0.250. The zero-order chi connectivity index (χ0) is 19.4. The van der Waals surface area contributed by atoms with Gasteiger partial charge in [-0.2, -0.15) is 13.2 Å². The Morgan fingerprint density at radius 1 is 1.28 bits per heavy atom. The molecule has 1 rings (SSSR count). The highest BCUT2D eigenvalue weighted by Crippen LogP contribution is 2.35. The molecular formula is C13H15F3N2O6S. The molecule has 0 aromatic heterocycles. The van der Waals surface area contributed by atoms with E-state index in [4.69, 9.17) is 4.74 Å². The number of hydrogen-bond acceptors (Lipinski definition) is 6. The minimum atomic E-state index is -5.74. The van der Waals surface area contributed by atoms with Crippen molar-refractivity contribution in [3.8, 4) is 5.75 Å². The molecule has 0 aliphatic carbocycles. The molecule has 1 aromatic rings. The average Bonchev–Trinajstić information content (AvgIpc) is 2.52. The van der Waals surface area contributed by atoms with Gasteiger partial charge < -0.3 is 9.64 Å². The lowest BCUT2D eigenvalue weighted by Gasteiger charge is -2.18. The van der Waals surface area contributed by atoms with Crippen LogP contribution in [0.2, 0.25) is 0 Å². The summed E-state index contributed by atoms with van der Waals surface area (Å²) in [5, 5.41) is 11.0. The van der Waals surface area contributed by atoms with E-state index >= 15 is 0 Å². The van der Waals surface area contributed by atoms with Crippen LogP contribution in [0.25, 0.3) is 0 Å². The number of carbonyl (C=O) groups is 1. The van der Waals surface area contributed by atoms with Gasteiger partial charge in [0, 0.05) is 19.2 Å². The van der Waals surface area contributed by atoms with Gasteiger partial charge in [-0.1, -0.05) is 0 Å². The van der Waals surface area contributed by atoms with Crippen molar-refractivity contribution in [3.05, 3.63) is 28.3 Å². The maximum atomic E-state index is 12.5. The third-order valence-corrected chi connectivity index (χ3v) is 4.69. The van der Waals surface area contributed by atoms with Gasteiger partial charge in [0.2, 0.25) is 0 Å². The second-order valence-electron chi connectivity index (χ2n) is 4.69. The summed E-state index contributed by atoms with van der Waals surface area (Å²) in [5.74, 6) is -0.988. The molecule has 0 aliphatic heterocycles. The van der Waals surface area contributed by atoms with E-state index in [0.717, 1.165) is 0 Å². The molecule has 0 bridgehead atoms. The van der Waals surface area contributed by atoms with Crippen LogP contribution >= 0.6 is 0 Å². The number of ether oxygens (including phenoxy) is 1. The number of sulfone groups is 1. The van der Waals surface area contributed by atoms with E-state index in [1.807, 2.05) is 0 Å². The normalized spacial score (nSPS) is 11.9. The molecule has 0 unspecified atom stereocenters. The number of halogens is 3. The maximum absolute atomic E-state index is 12.5.